The monoisotopic (exact) mass is 293 g/mol. The predicted molar refractivity (Wildman–Crippen MR) is 77.1 cm³/mol. The third-order valence-corrected chi connectivity index (χ3v) is 5.52. The van der Waals surface area contributed by atoms with Crippen molar-refractivity contribution in [3.05, 3.63) is 35.4 Å². The van der Waals surface area contributed by atoms with Gasteiger partial charge in [-0.05, 0) is 19.4 Å². The number of sulfone groups is 1. The van der Waals surface area contributed by atoms with Crippen LogP contribution in [-0.4, -0.2) is 33.1 Å². The lowest BCUT2D eigenvalue weighted by atomic mass is 10.0. The van der Waals surface area contributed by atoms with Gasteiger partial charge in [-0.3, -0.25) is 0 Å². The third kappa shape index (κ3) is 2.46. The molecule has 1 aromatic rings. The zero-order valence-electron chi connectivity index (χ0n) is 12.0. The van der Waals surface area contributed by atoms with Gasteiger partial charge in [-0.2, -0.15) is 5.26 Å². The van der Waals surface area contributed by atoms with E-state index in [0.717, 1.165) is 11.1 Å². The molecule has 1 aromatic carbocycles. The van der Waals surface area contributed by atoms with Gasteiger partial charge in [-0.15, -0.1) is 0 Å². The first-order valence-electron chi connectivity index (χ1n) is 6.61. The normalized spacial score (nSPS) is 28.9. The molecular formula is C15H19NO3S. The Morgan fingerprint density at radius 3 is 2.40 bits per heavy atom. The van der Waals surface area contributed by atoms with Crippen LogP contribution in [0.15, 0.2) is 24.3 Å². The fourth-order valence-corrected chi connectivity index (χ4v) is 4.74. The first kappa shape index (κ1) is 15.0. The van der Waals surface area contributed by atoms with Gasteiger partial charge in [0.25, 0.3) is 0 Å². The van der Waals surface area contributed by atoms with Crippen LogP contribution in [0.1, 0.15) is 24.0 Å². The number of nitrogens with zero attached hydrogens (tertiary/aromatic N) is 1. The molecule has 0 heterocycles. The lowest BCUT2D eigenvalue weighted by Crippen LogP contribution is -2.18. The summed E-state index contributed by atoms with van der Waals surface area (Å²) in [5.41, 5.74) is 1.06. The van der Waals surface area contributed by atoms with E-state index in [4.69, 9.17) is 4.74 Å². The summed E-state index contributed by atoms with van der Waals surface area (Å²) in [6, 6.07) is 9.90. The topological polar surface area (TPSA) is 67.2 Å². The molecule has 5 heteroatoms. The summed E-state index contributed by atoms with van der Waals surface area (Å²) in [4.78, 5) is 0. The molecule has 0 aromatic heterocycles. The number of hydrogen-bond donors (Lipinski definition) is 0. The van der Waals surface area contributed by atoms with Crippen molar-refractivity contribution in [1.29, 1.82) is 5.26 Å². The summed E-state index contributed by atoms with van der Waals surface area (Å²) in [6.45, 7) is 4.45. The number of ether oxygens (including phenoxy) is 1. The lowest BCUT2D eigenvalue weighted by molar-refractivity contribution is 0.117. The summed E-state index contributed by atoms with van der Waals surface area (Å²) in [5, 5.41) is 8.84. The summed E-state index contributed by atoms with van der Waals surface area (Å²) >= 11 is 0. The van der Waals surface area contributed by atoms with Crippen LogP contribution in [0.25, 0.3) is 0 Å². The van der Waals surface area contributed by atoms with Crippen molar-refractivity contribution < 1.29 is 13.2 Å². The van der Waals surface area contributed by atoms with Gasteiger partial charge >= 0.3 is 0 Å². The van der Waals surface area contributed by atoms with E-state index < -0.39 is 20.5 Å². The minimum atomic E-state index is -3.29. The summed E-state index contributed by atoms with van der Waals surface area (Å²) in [7, 11) is -3.29. The molecule has 1 aliphatic carbocycles. The van der Waals surface area contributed by atoms with Gasteiger partial charge in [-0.25, -0.2) is 8.42 Å². The van der Waals surface area contributed by atoms with Crippen LogP contribution in [0.3, 0.4) is 0 Å². The Bertz CT molecular complexity index is 630. The van der Waals surface area contributed by atoms with Crippen LogP contribution in [0.2, 0.25) is 0 Å². The van der Waals surface area contributed by atoms with Gasteiger partial charge in [0.2, 0.25) is 0 Å². The Hall–Kier alpha value is -1.38. The molecule has 108 valence electrons. The SMILES string of the molecule is CCOC[C@@]1(C#N)[C@@H](c2ccc(C)cc2)[C@@H]1S(C)(=O)=O. The van der Waals surface area contributed by atoms with Crippen molar-refractivity contribution in [3.8, 4) is 6.07 Å². The maximum Gasteiger partial charge on any atom is 0.152 e. The van der Waals surface area contributed by atoms with E-state index in [9.17, 15) is 13.7 Å². The lowest BCUT2D eigenvalue weighted by Gasteiger charge is -2.08. The molecule has 2 rings (SSSR count). The molecule has 0 amide bonds. The van der Waals surface area contributed by atoms with Crippen LogP contribution >= 0.6 is 0 Å². The van der Waals surface area contributed by atoms with Crippen LogP contribution in [0.4, 0.5) is 0 Å². The van der Waals surface area contributed by atoms with E-state index in [-0.39, 0.29) is 12.5 Å². The van der Waals surface area contributed by atoms with Gasteiger partial charge in [-0.1, -0.05) is 29.8 Å². The second kappa shape index (κ2) is 5.19. The molecule has 0 aliphatic heterocycles. The fraction of sp³-hybridized carbons (Fsp3) is 0.533. The number of aryl methyl sites for hydroxylation is 1. The molecular weight excluding hydrogens is 274 g/mol. The van der Waals surface area contributed by atoms with Crippen LogP contribution in [-0.2, 0) is 14.6 Å². The molecule has 20 heavy (non-hydrogen) atoms. The molecule has 0 N–H and O–H groups in total. The highest BCUT2D eigenvalue weighted by Crippen LogP contribution is 2.62. The quantitative estimate of drug-likeness (QED) is 0.833. The molecule has 0 saturated heterocycles. The fourth-order valence-electron chi connectivity index (χ4n) is 2.89. The van der Waals surface area contributed by atoms with Gasteiger partial charge < -0.3 is 4.74 Å². The Labute approximate surface area is 120 Å². The van der Waals surface area contributed by atoms with E-state index in [0.29, 0.717) is 6.61 Å². The largest absolute Gasteiger partial charge is 0.380 e. The minimum Gasteiger partial charge on any atom is -0.380 e. The summed E-state index contributed by atoms with van der Waals surface area (Å²) in [6.07, 6.45) is 1.20. The van der Waals surface area contributed by atoms with Crippen molar-refractivity contribution in [2.75, 3.05) is 19.5 Å². The van der Waals surface area contributed by atoms with E-state index in [1.807, 2.05) is 38.1 Å². The second-order valence-electron chi connectivity index (χ2n) is 5.43. The van der Waals surface area contributed by atoms with Crippen molar-refractivity contribution in [2.45, 2.75) is 25.0 Å². The zero-order valence-corrected chi connectivity index (χ0v) is 12.8. The molecule has 1 saturated carbocycles. The number of rotatable bonds is 5. The predicted octanol–water partition coefficient (Wildman–Crippen LogP) is 2.05. The highest BCUT2D eigenvalue weighted by Gasteiger charge is 2.71. The Balaban J connectivity index is 2.40. The number of hydrogen-bond acceptors (Lipinski definition) is 4. The molecule has 0 spiro atoms. The van der Waals surface area contributed by atoms with Crippen molar-refractivity contribution >= 4 is 9.84 Å². The summed E-state index contributed by atoms with van der Waals surface area (Å²) in [5.74, 6) is -0.297. The standard InChI is InChI=1S/C15H19NO3S/c1-4-19-10-15(9-16)13(14(15)20(3,17)18)12-7-5-11(2)6-8-12/h5-8,13-14H,4,10H2,1-3H3/t13-,14-,15-/m0/s1. The van der Waals surface area contributed by atoms with Crippen LogP contribution in [0, 0.1) is 23.7 Å². The van der Waals surface area contributed by atoms with E-state index in [1.165, 1.54) is 6.26 Å². The first-order chi connectivity index (χ1) is 9.36. The molecule has 0 unspecified atom stereocenters. The van der Waals surface area contributed by atoms with Gasteiger partial charge in [0.1, 0.15) is 5.41 Å². The minimum absolute atomic E-state index is 0.163. The third-order valence-electron chi connectivity index (χ3n) is 3.91. The van der Waals surface area contributed by atoms with Gasteiger partial charge in [0, 0.05) is 18.8 Å². The van der Waals surface area contributed by atoms with Gasteiger partial charge in [0.05, 0.1) is 17.9 Å². The molecule has 1 aliphatic rings. The van der Waals surface area contributed by atoms with Crippen molar-refractivity contribution in [1.82, 2.24) is 0 Å². The van der Waals surface area contributed by atoms with Crippen LogP contribution in [0.5, 0.6) is 0 Å². The molecule has 1 fully saturated rings. The molecule has 4 nitrogen and oxygen atoms in total. The maximum atomic E-state index is 12.0. The average molecular weight is 293 g/mol. The Morgan fingerprint density at radius 1 is 1.35 bits per heavy atom. The molecule has 0 radical (unpaired) electrons. The average Bonchev–Trinajstić information content (AvgIpc) is 3.07. The Morgan fingerprint density at radius 2 is 1.95 bits per heavy atom. The zero-order chi connectivity index (χ0) is 15.0. The first-order valence-corrected chi connectivity index (χ1v) is 8.56. The molecule has 0 bridgehead atoms. The smallest absolute Gasteiger partial charge is 0.152 e. The highest BCUT2D eigenvalue weighted by molar-refractivity contribution is 7.91. The van der Waals surface area contributed by atoms with Crippen LogP contribution < -0.4 is 0 Å². The second-order valence-corrected chi connectivity index (χ2v) is 7.59. The van der Waals surface area contributed by atoms with E-state index >= 15 is 0 Å². The van der Waals surface area contributed by atoms with Crippen molar-refractivity contribution in [3.63, 3.8) is 0 Å². The number of nitriles is 1. The highest BCUT2D eigenvalue weighted by atomic mass is 32.2. The Kier molecular flexibility index (Phi) is 3.90. The van der Waals surface area contributed by atoms with E-state index in [2.05, 4.69) is 6.07 Å². The van der Waals surface area contributed by atoms with Crippen molar-refractivity contribution in [2.24, 2.45) is 5.41 Å². The van der Waals surface area contributed by atoms with Gasteiger partial charge in [0.15, 0.2) is 9.84 Å². The molecule has 3 atom stereocenters. The maximum absolute atomic E-state index is 12.0. The van der Waals surface area contributed by atoms with E-state index in [1.54, 1.807) is 0 Å². The summed E-state index contributed by atoms with van der Waals surface area (Å²) < 4.78 is 29.3. The number of benzene rings is 1.